The quantitative estimate of drug-likeness (QED) is 0.127. The number of ether oxygens (including phenoxy) is 1. The van der Waals surface area contributed by atoms with E-state index < -0.39 is 222 Å². The first-order chi connectivity index (χ1) is 51.6. The molecule has 12 amide bonds. The highest BCUT2D eigenvalue weighted by atomic mass is 19.4. The van der Waals surface area contributed by atoms with Crippen LogP contribution in [0.4, 0.5) is 35.1 Å². The summed E-state index contributed by atoms with van der Waals surface area (Å²) in [6, 6.07) is -7.31. The van der Waals surface area contributed by atoms with Crippen molar-refractivity contribution in [3.8, 4) is 0 Å². The summed E-state index contributed by atoms with van der Waals surface area (Å²) in [5, 5.41) is 8.30. The summed E-state index contributed by atoms with van der Waals surface area (Å²) in [7, 11) is 9.38. The summed E-state index contributed by atoms with van der Waals surface area (Å²) >= 11 is 0. The Morgan fingerprint density at radius 2 is 1.30 bits per heavy atom. The lowest BCUT2D eigenvalue weighted by molar-refractivity contribution is -0.158. The van der Waals surface area contributed by atoms with E-state index in [2.05, 4.69) is 16.0 Å². The van der Waals surface area contributed by atoms with E-state index in [0.717, 1.165) is 65.6 Å². The molecule has 25 nitrogen and oxygen atoms in total. The van der Waals surface area contributed by atoms with Gasteiger partial charge in [0.25, 0.3) is 0 Å². The van der Waals surface area contributed by atoms with Crippen molar-refractivity contribution in [3.63, 3.8) is 0 Å². The first kappa shape index (κ1) is 88.4. The average Bonchev–Trinajstić information content (AvgIpc) is 1.07. The Balaban J connectivity index is 1.36. The molecule has 2 aromatic carbocycles. The third-order valence-corrected chi connectivity index (χ3v) is 22.2. The Bertz CT molecular complexity index is 3680. The van der Waals surface area contributed by atoms with Crippen LogP contribution in [0.2, 0.25) is 0 Å². The summed E-state index contributed by atoms with van der Waals surface area (Å²) in [6.45, 7) is 8.58. The number of amides is 12. The maximum absolute atomic E-state index is 15.6. The van der Waals surface area contributed by atoms with Crippen molar-refractivity contribution < 1.29 is 97.4 Å². The lowest BCUT2D eigenvalue weighted by Gasteiger charge is -2.46. The van der Waals surface area contributed by atoms with Crippen molar-refractivity contribution in [1.29, 1.82) is 0 Å². The van der Waals surface area contributed by atoms with Gasteiger partial charge < -0.3 is 64.8 Å². The molecule has 0 radical (unpaired) electrons. The average molecular weight is 1560 g/mol. The van der Waals surface area contributed by atoms with E-state index in [1.165, 1.54) is 52.1 Å². The van der Waals surface area contributed by atoms with E-state index in [0.29, 0.717) is 57.1 Å². The number of nitrogens with one attached hydrogen (secondary N) is 3. The number of rotatable bonds is 15. The van der Waals surface area contributed by atoms with Crippen LogP contribution in [-0.4, -0.2) is 264 Å². The fourth-order valence-electron chi connectivity index (χ4n) is 15.4. The second-order valence-corrected chi connectivity index (χ2v) is 30.5. The van der Waals surface area contributed by atoms with Crippen molar-refractivity contribution in [2.75, 3.05) is 88.7 Å². The molecule has 610 valence electrons. The number of hydrogen-bond acceptors (Lipinski definition) is 13. The molecule has 2 aromatic rings. The molecule has 4 fully saturated rings. The van der Waals surface area contributed by atoms with E-state index in [1.54, 1.807) is 32.9 Å². The van der Waals surface area contributed by atoms with E-state index in [1.807, 2.05) is 20.8 Å². The second kappa shape index (κ2) is 38.0. The predicted molar refractivity (Wildman–Crippen MR) is 388 cm³/mol. The molecule has 10 atom stereocenters. The molecule has 2 saturated carbocycles. The van der Waals surface area contributed by atoms with Gasteiger partial charge >= 0.3 is 12.4 Å². The first-order valence-electron chi connectivity index (χ1n) is 37.9. The summed E-state index contributed by atoms with van der Waals surface area (Å²) in [6.07, 6.45) is -6.95. The van der Waals surface area contributed by atoms with Gasteiger partial charge in [-0.05, 0) is 131 Å². The molecule has 33 heteroatoms. The van der Waals surface area contributed by atoms with Crippen molar-refractivity contribution in [3.05, 3.63) is 82.4 Å². The van der Waals surface area contributed by atoms with Gasteiger partial charge in [0.1, 0.15) is 71.1 Å². The second-order valence-electron chi connectivity index (χ2n) is 30.5. The number of halogens is 8. The number of likely N-dealkylation sites (N-methyl/N-ethyl adjacent to an activating group) is 7. The Kier molecular flexibility index (Phi) is 30.5. The van der Waals surface area contributed by atoms with E-state index in [9.17, 15) is 50.3 Å². The number of carbonyl (C=O) groups is 12. The van der Waals surface area contributed by atoms with Crippen LogP contribution in [0.15, 0.2) is 48.6 Å². The number of alkyl halides is 6. The molecule has 0 aromatic heterocycles. The Morgan fingerprint density at radius 3 is 1.86 bits per heavy atom. The van der Waals surface area contributed by atoms with E-state index in [4.69, 9.17) is 4.74 Å². The highest BCUT2D eigenvalue weighted by Crippen LogP contribution is 2.40. The number of benzene rings is 2. The first-order valence-corrected chi connectivity index (χ1v) is 37.9. The third-order valence-electron chi connectivity index (χ3n) is 22.2. The number of nitrogens with zero attached hydrogens (tertiary/aromatic N) is 9. The lowest BCUT2D eigenvalue weighted by Crippen LogP contribution is -2.68. The van der Waals surface area contributed by atoms with Crippen LogP contribution in [0, 0.1) is 29.4 Å². The van der Waals surface area contributed by atoms with Crippen molar-refractivity contribution in [2.24, 2.45) is 17.8 Å². The normalized spacial score (nSPS) is 25.8. The number of aryl methyl sites for hydroxylation is 1. The SMILES string of the molecule is CCCN(C)C(=O)[C@@H]1CC(=O)N(C)[C@@H](CC(C)C)C(=O)N[C@@H]([C@@H](C)CC)C(=O)N(C)CC(=O)N(C)[C@H]2C/C=C\CCN(C2=O)[C@@H](Cc2ccc(C(F)(F)F)cc2)C(=O)N(C)CC(=O)N[C@H](CCc2cc(F)c(C(F)(F)F)c(F)c2)C(=O)N2C[C@H](OCC)C[C@H]2C(=O)NC2(CCC2)C(=O)N(C)[C@@H](C2CCCC2)C(=O)N1C. The summed E-state index contributed by atoms with van der Waals surface area (Å²) < 4.78 is 120. The highest BCUT2D eigenvalue weighted by molar-refractivity contribution is 6.01. The zero-order valence-electron chi connectivity index (χ0n) is 65.2. The number of carbonyl (C=O) groups excluding carboxylic acids is 12. The Morgan fingerprint density at radius 1 is 0.673 bits per heavy atom. The predicted octanol–water partition coefficient (Wildman–Crippen LogP) is 6.52. The molecule has 2 saturated heterocycles. The van der Waals surface area contributed by atoms with Gasteiger partial charge in [0.2, 0.25) is 70.9 Å². The molecule has 3 heterocycles. The van der Waals surface area contributed by atoms with Crippen molar-refractivity contribution in [1.82, 2.24) is 60.0 Å². The Labute approximate surface area is 637 Å². The highest BCUT2D eigenvalue weighted by Gasteiger charge is 2.54. The van der Waals surface area contributed by atoms with Gasteiger partial charge in [-0.2, -0.15) is 26.3 Å². The molecule has 2 bridgehead atoms. The zero-order chi connectivity index (χ0) is 81.8. The van der Waals surface area contributed by atoms with Crippen LogP contribution in [-0.2, 0) is 87.5 Å². The molecule has 110 heavy (non-hydrogen) atoms. The van der Waals surface area contributed by atoms with Crippen LogP contribution < -0.4 is 16.0 Å². The molecule has 2 aliphatic carbocycles. The van der Waals surface area contributed by atoms with Gasteiger partial charge in [-0.3, -0.25) is 57.5 Å². The van der Waals surface area contributed by atoms with E-state index >= 15 is 42.3 Å². The van der Waals surface area contributed by atoms with Gasteiger partial charge in [-0.1, -0.05) is 78.2 Å². The van der Waals surface area contributed by atoms with Crippen LogP contribution in [0.1, 0.15) is 160 Å². The fraction of sp³-hybridized carbons (Fsp3) is 0.662. The fourth-order valence-corrected chi connectivity index (χ4v) is 15.4. The minimum atomic E-state index is -5.46. The van der Waals surface area contributed by atoms with Crippen LogP contribution >= 0.6 is 0 Å². The van der Waals surface area contributed by atoms with Gasteiger partial charge in [-0.25, -0.2) is 8.78 Å². The number of hydrogen-bond donors (Lipinski definition) is 3. The minimum absolute atomic E-state index is 0.0351. The largest absolute Gasteiger partial charge is 0.422 e. The summed E-state index contributed by atoms with van der Waals surface area (Å²) in [5.41, 5.74) is -5.25. The van der Waals surface area contributed by atoms with Crippen LogP contribution in [0.25, 0.3) is 0 Å². The summed E-state index contributed by atoms with van der Waals surface area (Å²) in [5.74, 6) is -15.3. The van der Waals surface area contributed by atoms with Gasteiger partial charge in [0, 0.05) is 88.4 Å². The molecular weight excluding hydrogens is 1450 g/mol. The van der Waals surface area contributed by atoms with E-state index in [-0.39, 0.29) is 76.2 Å². The zero-order valence-corrected chi connectivity index (χ0v) is 65.2. The van der Waals surface area contributed by atoms with Gasteiger partial charge in [0.15, 0.2) is 0 Å². The van der Waals surface area contributed by atoms with Gasteiger partial charge in [0.05, 0.1) is 31.2 Å². The molecule has 3 N–H and O–H groups in total. The standard InChI is InChI=1S/C77H108F8N12O13/c1-14-34-89(7)69(104)58-41-61(99)93(11)56(36-45(4)5)66(101)87-64(46(6)15-2)72(107)91(9)44-62(100)92(10)55-25-18-17-21-35-96(71(55)106)59(39-47-26-29-50(30-27-47)76(80,81)82)70(105)90(8)43-60(98)86-54(31-28-48-37-52(78)63(53(79)38-48)77(83,84)85)68(103)97-42-51(110-16-3)40-57(97)67(102)88-75(32-22-33-75)74(109)95(13)65(73(108)94(58)12)49-23-19-20-24-49/h17-18,26-27,29-30,37-38,45-46,49,51,54-59,64-65H,14-16,19-25,28,31-36,39-44H2,1-13H3,(H,86,98)(H,87,101)(H,88,102)/b18-17-/t46-,51+,54+,55-,56-,57-,58-,59-,64-,65-/m0/s1. The molecule has 7 rings (SSSR count). The Hall–Kier alpha value is -8.78. The minimum Gasteiger partial charge on any atom is -0.377 e. The molecule has 0 unspecified atom stereocenters. The monoisotopic (exact) mass is 1560 g/mol. The molecule has 5 aliphatic rings. The topological polar surface area (TPSA) is 279 Å². The van der Waals surface area contributed by atoms with Gasteiger partial charge in [-0.15, -0.1) is 0 Å². The lowest BCUT2D eigenvalue weighted by atomic mass is 9.74. The maximum atomic E-state index is 15.6. The molecule has 3 aliphatic heterocycles. The smallest absolute Gasteiger partial charge is 0.377 e. The molecular formula is C77H108F8N12O13. The van der Waals surface area contributed by atoms with Crippen LogP contribution in [0.5, 0.6) is 0 Å². The number of fused-ring (bicyclic) bond motifs is 3. The van der Waals surface area contributed by atoms with Crippen molar-refractivity contribution in [2.45, 2.75) is 223 Å². The van der Waals surface area contributed by atoms with Crippen LogP contribution in [0.3, 0.4) is 0 Å². The maximum Gasteiger partial charge on any atom is 0.422 e. The molecule has 1 spiro atoms. The van der Waals surface area contributed by atoms with Crippen molar-refractivity contribution >= 4 is 70.9 Å². The third kappa shape index (κ3) is 21.3. The summed E-state index contributed by atoms with van der Waals surface area (Å²) in [4.78, 5) is 192.